The van der Waals surface area contributed by atoms with Crippen molar-refractivity contribution in [2.24, 2.45) is 5.16 Å². The van der Waals surface area contributed by atoms with Crippen LogP contribution in [0.4, 0.5) is 0 Å². The van der Waals surface area contributed by atoms with Crippen molar-refractivity contribution < 1.29 is 14.7 Å². The van der Waals surface area contributed by atoms with E-state index in [1.807, 2.05) is 30.3 Å². The van der Waals surface area contributed by atoms with Crippen molar-refractivity contribution in [3.8, 4) is 0 Å². The maximum atomic E-state index is 10.4. The Hall–Kier alpha value is -1.62. The second-order valence-corrected chi connectivity index (χ2v) is 4.15. The van der Waals surface area contributed by atoms with Crippen molar-refractivity contribution in [2.45, 2.75) is 6.92 Å². The van der Waals surface area contributed by atoms with Crippen LogP contribution >= 0.6 is 15.9 Å². The molecule has 1 rings (SSSR count). The first-order valence-electron chi connectivity index (χ1n) is 4.91. The molecule has 0 aromatic heterocycles. The SMILES string of the molecule is C/C(=N/OC/C=C/c1cccc(Br)c1)C(=O)O. The highest BCUT2D eigenvalue weighted by Crippen LogP contribution is 2.12. The van der Waals surface area contributed by atoms with Crippen LogP contribution in [-0.4, -0.2) is 23.4 Å². The van der Waals surface area contributed by atoms with Gasteiger partial charge in [-0.25, -0.2) is 4.79 Å². The third-order valence-corrected chi connectivity index (χ3v) is 2.33. The lowest BCUT2D eigenvalue weighted by Crippen LogP contribution is -2.08. The number of hydrogen-bond acceptors (Lipinski definition) is 3. The molecule has 1 aromatic rings. The van der Waals surface area contributed by atoms with Gasteiger partial charge in [-0.2, -0.15) is 0 Å². The molecule has 0 saturated heterocycles. The molecule has 0 aliphatic carbocycles. The minimum Gasteiger partial charge on any atom is -0.477 e. The lowest BCUT2D eigenvalue weighted by Gasteiger charge is -1.96. The van der Waals surface area contributed by atoms with Gasteiger partial charge in [-0.3, -0.25) is 0 Å². The fourth-order valence-corrected chi connectivity index (χ4v) is 1.43. The average Bonchev–Trinajstić information content (AvgIpc) is 2.28. The fourth-order valence-electron chi connectivity index (χ4n) is 1.01. The summed E-state index contributed by atoms with van der Waals surface area (Å²) in [6.45, 7) is 1.61. The lowest BCUT2D eigenvalue weighted by molar-refractivity contribution is -0.129. The van der Waals surface area contributed by atoms with Gasteiger partial charge in [0.25, 0.3) is 0 Å². The summed E-state index contributed by atoms with van der Waals surface area (Å²) in [5.74, 6) is -1.08. The van der Waals surface area contributed by atoms with Crippen LogP contribution in [0.15, 0.2) is 40.0 Å². The summed E-state index contributed by atoms with van der Waals surface area (Å²) in [5, 5.41) is 11.9. The molecule has 0 unspecified atom stereocenters. The summed E-state index contributed by atoms with van der Waals surface area (Å²) in [6, 6.07) is 7.78. The summed E-state index contributed by atoms with van der Waals surface area (Å²) in [7, 11) is 0. The highest BCUT2D eigenvalue weighted by atomic mass is 79.9. The summed E-state index contributed by atoms with van der Waals surface area (Å²) < 4.78 is 1.00. The predicted molar refractivity (Wildman–Crippen MR) is 69.9 cm³/mol. The Morgan fingerprint density at radius 2 is 2.35 bits per heavy atom. The van der Waals surface area contributed by atoms with Gasteiger partial charge in [0.1, 0.15) is 6.61 Å². The Balaban J connectivity index is 2.41. The van der Waals surface area contributed by atoms with E-state index in [1.165, 1.54) is 6.92 Å². The average molecular weight is 298 g/mol. The molecule has 0 atom stereocenters. The highest BCUT2D eigenvalue weighted by Gasteiger charge is 2.00. The summed E-state index contributed by atoms with van der Waals surface area (Å²) in [4.78, 5) is 15.2. The molecule has 0 aliphatic heterocycles. The number of oxime groups is 1. The molecule has 5 heteroatoms. The number of hydrogen-bond donors (Lipinski definition) is 1. The molecule has 0 spiro atoms. The molecule has 0 aliphatic rings. The zero-order valence-electron chi connectivity index (χ0n) is 9.26. The van der Waals surface area contributed by atoms with E-state index >= 15 is 0 Å². The lowest BCUT2D eigenvalue weighted by atomic mass is 10.2. The molecule has 1 aromatic carbocycles. The molecule has 1 N–H and O–H groups in total. The Labute approximate surface area is 108 Å². The maximum Gasteiger partial charge on any atom is 0.353 e. The monoisotopic (exact) mass is 297 g/mol. The molecule has 0 amide bonds. The van der Waals surface area contributed by atoms with E-state index in [0.717, 1.165) is 10.0 Å². The number of halogens is 1. The molecular weight excluding hydrogens is 286 g/mol. The second-order valence-electron chi connectivity index (χ2n) is 3.23. The number of carboxylic acid groups (broad SMARTS) is 1. The number of benzene rings is 1. The Morgan fingerprint density at radius 3 is 3.00 bits per heavy atom. The van der Waals surface area contributed by atoms with Crippen LogP contribution in [0.2, 0.25) is 0 Å². The van der Waals surface area contributed by atoms with Crippen molar-refractivity contribution >= 4 is 33.7 Å². The smallest absolute Gasteiger partial charge is 0.353 e. The first-order chi connectivity index (χ1) is 8.09. The minimum absolute atomic E-state index is 0.0687. The number of nitrogens with zero attached hydrogens (tertiary/aromatic N) is 1. The Bertz CT molecular complexity index is 455. The van der Waals surface area contributed by atoms with Gasteiger partial charge in [0, 0.05) is 4.47 Å². The van der Waals surface area contributed by atoms with Crippen molar-refractivity contribution in [3.63, 3.8) is 0 Å². The summed E-state index contributed by atoms with van der Waals surface area (Å²) in [5.41, 5.74) is 0.961. The standard InChI is InChI=1S/C12H12BrNO3/c1-9(12(15)16)14-17-7-3-5-10-4-2-6-11(13)8-10/h2-6,8H,7H2,1H3,(H,15,16)/b5-3+,14-9-. The van der Waals surface area contributed by atoms with Crippen LogP contribution in [-0.2, 0) is 9.63 Å². The topological polar surface area (TPSA) is 58.9 Å². The van der Waals surface area contributed by atoms with Gasteiger partial charge in [-0.05, 0) is 30.7 Å². The molecular formula is C12H12BrNO3. The van der Waals surface area contributed by atoms with E-state index in [0.29, 0.717) is 0 Å². The van der Waals surface area contributed by atoms with Crippen LogP contribution in [0.25, 0.3) is 6.08 Å². The van der Waals surface area contributed by atoms with Gasteiger partial charge in [0.2, 0.25) is 0 Å². The van der Waals surface area contributed by atoms with Crippen molar-refractivity contribution in [3.05, 3.63) is 40.4 Å². The molecule has 90 valence electrons. The van der Waals surface area contributed by atoms with Gasteiger partial charge in [0.15, 0.2) is 5.71 Å². The van der Waals surface area contributed by atoms with E-state index in [4.69, 9.17) is 9.94 Å². The van der Waals surface area contributed by atoms with Gasteiger partial charge in [-0.1, -0.05) is 39.3 Å². The quantitative estimate of drug-likeness (QED) is 0.516. The Morgan fingerprint density at radius 1 is 1.59 bits per heavy atom. The minimum atomic E-state index is -1.08. The molecule has 0 radical (unpaired) electrons. The van der Waals surface area contributed by atoms with Crippen molar-refractivity contribution in [2.75, 3.05) is 6.61 Å². The van der Waals surface area contributed by atoms with E-state index < -0.39 is 5.97 Å². The number of carbonyl (C=O) groups is 1. The third-order valence-electron chi connectivity index (χ3n) is 1.84. The molecule has 0 bridgehead atoms. The molecule has 0 heterocycles. The fraction of sp³-hybridized carbons (Fsp3) is 0.167. The van der Waals surface area contributed by atoms with Gasteiger partial charge in [-0.15, -0.1) is 0 Å². The zero-order valence-corrected chi connectivity index (χ0v) is 10.8. The van der Waals surface area contributed by atoms with Gasteiger partial charge in [0.05, 0.1) is 0 Å². The van der Waals surface area contributed by atoms with E-state index in [9.17, 15) is 4.79 Å². The molecule has 4 nitrogen and oxygen atoms in total. The van der Waals surface area contributed by atoms with Crippen molar-refractivity contribution in [1.82, 2.24) is 0 Å². The second kappa shape index (κ2) is 6.85. The highest BCUT2D eigenvalue weighted by molar-refractivity contribution is 9.10. The number of rotatable bonds is 5. The van der Waals surface area contributed by atoms with Crippen LogP contribution < -0.4 is 0 Å². The molecule has 0 fully saturated rings. The summed E-state index contributed by atoms with van der Waals surface area (Å²) >= 11 is 3.37. The maximum absolute atomic E-state index is 10.4. The number of aliphatic carboxylic acids is 1. The van der Waals surface area contributed by atoms with Gasteiger partial charge >= 0.3 is 5.97 Å². The predicted octanol–water partition coefficient (Wildman–Crippen LogP) is 2.94. The van der Waals surface area contributed by atoms with E-state index in [-0.39, 0.29) is 12.3 Å². The Kier molecular flexibility index (Phi) is 5.42. The molecule has 0 saturated carbocycles. The van der Waals surface area contributed by atoms with Crippen LogP contribution in [0.3, 0.4) is 0 Å². The normalized spacial score (nSPS) is 11.8. The number of carboxylic acids is 1. The van der Waals surface area contributed by atoms with Crippen LogP contribution in [0.1, 0.15) is 12.5 Å². The summed E-state index contributed by atoms with van der Waals surface area (Å²) in [6.07, 6.45) is 3.64. The first-order valence-corrected chi connectivity index (χ1v) is 5.71. The van der Waals surface area contributed by atoms with Crippen LogP contribution in [0.5, 0.6) is 0 Å². The molecule has 17 heavy (non-hydrogen) atoms. The third kappa shape index (κ3) is 5.31. The first kappa shape index (κ1) is 13.4. The van der Waals surface area contributed by atoms with Crippen molar-refractivity contribution in [1.29, 1.82) is 0 Å². The van der Waals surface area contributed by atoms with Crippen LogP contribution in [0, 0.1) is 0 Å². The van der Waals surface area contributed by atoms with E-state index in [2.05, 4.69) is 21.1 Å². The zero-order chi connectivity index (χ0) is 12.7. The van der Waals surface area contributed by atoms with Gasteiger partial charge < -0.3 is 9.94 Å². The largest absolute Gasteiger partial charge is 0.477 e. The van der Waals surface area contributed by atoms with E-state index in [1.54, 1.807) is 6.08 Å².